The molecule has 0 aromatic heterocycles. The van der Waals surface area contributed by atoms with Gasteiger partial charge in [-0.1, -0.05) is 44.5 Å². The lowest BCUT2D eigenvalue weighted by Crippen LogP contribution is -2.37. The summed E-state index contributed by atoms with van der Waals surface area (Å²) < 4.78 is 0. The van der Waals surface area contributed by atoms with E-state index in [2.05, 4.69) is 32.3 Å². The van der Waals surface area contributed by atoms with Crippen LogP contribution in [0.15, 0.2) is 18.2 Å². The zero-order valence-electron chi connectivity index (χ0n) is 9.76. The van der Waals surface area contributed by atoms with Crippen LogP contribution in [0.2, 0.25) is 5.02 Å². The Hall–Kier alpha value is -0.570. The van der Waals surface area contributed by atoms with Gasteiger partial charge in [0.1, 0.15) is 0 Å². The van der Waals surface area contributed by atoms with Gasteiger partial charge in [-0.05, 0) is 29.5 Å². The number of benzene rings is 1. The highest BCUT2D eigenvalue weighted by atomic mass is 35.5. The number of hydrazine groups is 1. The maximum atomic E-state index is 6.10. The van der Waals surface area contributed by atoms with E-state index >= 15 is 0 Å². The molecule has 84 valence electrons. The summed E-state index contributed by atoms with van der Waals surface area (Å²) in [7, 11) is 0. The molecule has 0 fully saturated rings. The van der Waals surface area contributed by atoms with E-state index in [1.165, 1.54) is 0 Å². The molecule has 0 spiro atoms. The van der Waals surface area contributed by atoms with Gasteiger partial charge in [-0.15, -0.1) is 0 Å². The van der Waals surface area contributed by atoms with Crippen LogP contribution < -0.4 is 11.3 Å². The Kier molecular flexibility index (Phi) is 3.77. The molecule has 15 heavy (non-hydrogen) atoms. The summed E-state index contributed by atoms with van der Waals surface area (Å²) in [6, 6.07) is 6.03. The Morgan fingerprint density at radius 3 is 2.40 bits per heavy atom. The molecule has 0 saturated carbocycles. The number of rotatable bonds is 2. The molecule has 3 heteroatoms. The maximum Gasteiger partial charge on any atom is 0.0511 e. The van der Waals surface area contributed by atoms with Crippen molar-refractivity contribution < 1.29 is 0 Å². The molecule has 0 heterocycles. The first-order chi connectivity index (χ1) is 6.88. The number of nitrogens with two attached hydrogens (primary N) is 1. The third-order valence-electron chi connectivity index (χ3n) is 2.65. The smallest absolute Gasteiger partial charge is 0.0511 e. The number of hydrogen-bond donors (Lipinski definition) is 2. The molecule has 1 rings (SSSR count). The molecule has 0 aliphatic rings. The van der Waals surface area contributed by atoms with E-state index in [0.29, 0.717) is 0 Å². The minimum atomic E-state index is 0.0597. The second kappa shape index (κ2) is 4.52. The van der Waals surface area contributed by atoms with Crippen LogP contribution in [0.5, 0.6) is 0 Å². The molecule has 0 amide bonds. The van der Waals surface area contributed by atoms with Crippen LogP contribution in [0.25, 0.3) is 0 Å². The first-order valence-corrected chi connectivity index (χ1v) is 5.47. The van der Waals surface area contributed by atoms with Crippen molar-refractivity contribution in [2.45, 2.75) is 33.7 Å². The van der Waals surface area contributed by atoms with Gasteiger partial charge in [0.05, 0.1) is 6.04 Å². The average molecular weight is 227 g/mol. The van der Waals surface area contributed by atoms with Crippen LogP contribution in [0.1, 0.15) is 37.9 Å². The van der Waals surface area contributed by atoms with Gasteiger partial charge in [-0.2, -0.15) is 0 Å². The third-order valence-corrected chi connectivity index (χ3v) is 3.06. The van der Waals surface area contributed by atoms with Gasteiger partial charge in [-0.25, -0.2) is 0 Å². The number of hydrogen-bond acceptors (Lipinski definition) is 2. The zero-order chi connectivity index (χ0) is 11.6. The Labute approximate surface area is 96.8 Å². The quantitative estimate of drug-likeness (QED) is 0.601. The minimum Gasteiger partial charge on any atom is -0.271 e. The summed E-state index contributed by atoms with van der Waals surface area (Å²) in [5.41, 5.74) is 5.19. The Morgan fingerprint density at radius 1 is 1.33 bits per heavy atom. The van der Waals surface area contributed by atoms with Crippen molar-refractivity contribution in [2.75, 3.05) is 0 Å². The summed E-state index contributed by atoms with van der Waals surface area (Å²) in [6.45, 7) is 8.47. The molecule has 0 saturated heterocycles. The summed E-state index contributed by atoms with van der Waals surface area (Å²) in [5, 5.41) is 0.789. The zero-order valence-corrected chi connectivity index (χ0v) is 10.5. The lowest BCUT2D eigenvalue weighted by atomic mass is 9.81. The predicted molar refractivity (Wildman–Crippen MR) is 65.7 cm³/mol. The fraction of sp³-hybridized carbons (Fsp3) is 0.500. The van der Waals surface area contributed by atoms with Crippen molar-refractivity contribution in [3.8, 4) is 0 Å². The van der Waals surface area contributed by atoms with Crippen molar-refractivity contribution in [1.82, 2.24) is 5.43 Å². The Bertz CT molecular complexity index is 342. The lowest BCUT2D eigenvalue weighted by Gasteiger charge is -2.31. The minimum absolute atomic E-state index is 0.0597. The predicted octanol–water partition coefficient (Wildman–Crippen LogP) is 3.20. The van der Waals surface area contributed by atoms with Gasteiger partial charge in [0, 0.05) is 5.02 Å². The van der Waals surface area contributed by atoms with E-state index < -0.39 is 0 Å². The molecule has 2 nitrogen and oxygen atoms in total. The molecular weight excluding hydrogens is 208 g/mol. The maximum absolute atomic E-state index is 6.10. The standard InChI is InChI=1S/C12H19ClN2/c1-8-9(6-5-7-10(8)13)11(15-14)12(2,3)4/h5-7,11,15H,14H2,1-4H3. The largest absolute Gasteiger partial charge is 0.271 e. The summed E-state index contributed by atoms with van der Waals surface area (Å²) in [5.74, 6) is 5.62. The second-order valence-corrected chi connectivity index (χ2v) is 5.33. The van der Waals surface area contributed by atoms with Gasteiger partial charge in [0.2, 0.25) is 0 Å². The highest BCUT2D eigenvalue weighted by Crippen LogP contribution is 2.35. The monoisotopic (exact) mass is 226 g/mol. The summed E-state index contributed by atoms with van der Waals surface area (Å²) >= 11 is 6.10. The van der Waals surface area contributed by atoms with Gasteiger partial charge >= 0.3 is 0 Å². The van der Waals surface area contributed by atoms with Crippen LogP contribution in [-0.4, -0.2) is 0 Å². The first-order valence-electron chi connectivity index (χ1n) is 5.09. The average Bonchev–Trinajstić information content (AvgIpc) is 2.11. The molecular formula is C12H19ClN2. The van der Waals surface area contributed by atoms with Crippen molar-refractivity contribution in [2.24, 2.45) is 11.3 Å². The van der Waals surface area contributed by atoms with E-state index in [1.807, 2.05) is 19.1 Å². The van der Waals surface area contributed by atoms with E-state index in [-0.39, 0.29) is 11.5 Å². The van der Waals surface area contributed by atoms with E-state index in [1.54, 1.807) is 0 Å². The summed E-state index contributed by atoms with van der Waals surface area (Å²) in [6.07, 6.45) is 0. The number of nitrogens with one attached hydrogen (secondary N) is 1. The molecule has 0 radical (unpaired) electrons. The van der Waals surface area contributed by atoms with Crippen LogP contribution in [-0.2, 0) is 0 Å². The molecule has 0 aliphatic heterocycles. The first kappa shape index (κ1) is 12.5. The van der Waals surface area contributed by atoms with Crippen molar-refractivity contribution in [1.29, 1.82) is 0 Å². The van der Waals surface area contributed by atoms with Crippen LogP contribution in [0, 0.1) is 12.3 Å². The van der Waals surface area contributed by atoms with E-state index in [9.17, 15) is 0 Å². The molecule has 0 bridgehead atoms. The number of halogens is 1. The molecule has 3 N–H and O–H groups in total. The third kappa shape index (κ3) is 2.71. The highest BCUT2D eigenvalue weighted by Gasteiger charge is 2.26. The van der Waals surface area contributed by atoms with Crippen molar-refractivity contribution >= 4 is 11.6 Å². The van der Waals surface area contributed by atoms with Crippen LogP contribution in [0.4, 0.5) is 0 Å². The molecule has 0 aliphatic carbocycles. The van der Waals surface area contributed by atoms with E-state index in [4.69, 9.17) is 17.4 Å². The fourth-order valence-corrected chi connectivity index (χ4v) is 1.93. The van der Waals surface area contributed by atoms with E-state index in [0.717, 1.165) is 16.1 Å². The fourth-order valence-electron chi connectivity index (χ4n) is 1.74. The SMILES string of the molecule is Cc1c(Cl)cccc1C(NN)C(C)(C)C. The van der Waals surface area contributed by atoms with Gasteiger partial charge < -0.3 is 0 Å². The van der Waals surface area contributed by atoms with Crippen molar-refractivity contribution in [3.05, 3.63) is 34.3 Å². The van der Waals surface area contributed by atoms with Gasteiger partial charge in [0.15, 0.2) is 0 Å². The van der Waals surface area contributed by atoms with Gasteiger partial charge in [-0.3, -0.25) is 11.3 Å². The van der Waals surface area contributed by atoms with Gasteiger partial charge in [0.25, 0.3) is 0 Å². The Balaban J connectivity index is 3.19. The summed E-state index contributed by atoms with van der Waals surface area (Å²) in [4.78, 5) is 0. The topological polar surface area (TPSA) is 38.0 Å². The molecule has 1 aromatic carbocycles. The normalized spacial score (nSPS) is 14.0. The second-order valence-electron chi connectivity index (χ2n) is 4.92. The molecule has 1 aromatic rings. The van der Waals surface area contributed by atoms with Crippen molar-refractivity contribution in [3.63, 3.8) is 0 Å². The highest BCUT2D eigenvalue weighted by molar-refractivity contribution is 6.31. The lowest BCUT2D eigenvalue weighted by molar-refractivity contribution is 0.274. The van der Waals surface area contributed by atoms with Crippen LogP contribution in [0.3, 0.4) is 0 Å². The molecule has 1 atom stereocenters. The molecule has 1 unspecified atom stereocenters. The Morgan fingerprint density at radius 2 is 1.93 bits per heavy atom. The van der Waals surface area contributed by atoms with Crippen LogP contribution >= 0.6 is 11.6 Å².